The van der Waals surface area contributed by atoms with Crippen LogP contribution in [0.2, 0.25) is 10.0 Å². The van der Waals surface area contributed by atoms with Crippen molar-refractivity contribution in [1.29, 1.82) is 0 Å². The average molecular weight is 398 g/mol. The van der Waals surface area contributed by atoms with Gasteiger partial charge in [-0.2, -0.15) is 0 Å². The summed E-state index contributed by atoms with van der Waals surface area (Å²) in [7, 11) is 0. The number of nitrogens with one attached hydrogen (secondary N) is 1. The fraction of sp³-hybridized carbons (Fsp3) is 0.222. The van der Waals surface area contributed by atoms with Crippen LogP contribution in [0.15, 0.2) is 47.4 Å². The first-order valence-corrected chi connectivity index (χ1v) is 9.44. The third kappa shape index (κ3) is 5.66. The van der Waals surface area contributed by atoms with Gasteiger partial charge in [-0.15, -0.1) is 11.8 Å². The summed E-state index contributed by atoms with van der Waals surface area (Å²) in [5.74, 6) is -1.04. The molecule has 4 nitrogen and oxygen atoms in total. The lowest BCUT2D eigenvalue weighted by molar-refractivity contribution is -0.124. The molecule has 1 N–H and O–H groups in total. The number of rotatable bonds is 6. The highest BCUT2D eigenvalue weighted by Crippen LogP contribution is 2.23. The van der Waals surface area contributed by atoms with Crippen molar-refractivity contribution in [3.05, 3.63) is 63.6 Å². The third-order valence-corrected chi connectivity index (χ3v) is 4.74. The van der Waals surface area contributed by atoms with Crippen LogP contribution in [0.5, 0.6) is 0 Å². The number of carbonyl (C=O) groups is 2. The zero-order valence-corrected chi connectivity index (χ0v) is 16.0. The van der Waals surface area contributed by atoms with E-state index >= 15 is 0 Å². The second kappa shape index (κ2) is 9.13. The Bertz CT molecular complexity index is 783. The highest BCUT2D eigenvalue weighted by atomic mass is 35.5. The summed E-state index contributed by atoms with van der Waals surface area (Å²) in [6.07, 6.45) is 1.89. The molecular weight excluding hydrogens is 381 g/mol. The van der Waals surface area contributed by atoms with Gasteiger partial charge in [0.05, 0.1) is 16.6 Å². The summed E-state index contributed by atoms with van der Waals surface area (Å²) in [6, 6.07) is 12.0. The van der Waals surface area contributed by atoms with Crippen LogP contribution in [0, 0.1) is 0 Å². The van der Waals surface area contributed by atoms with Gasteiger partial charge in [0.15, 0.2) is 6.61 Å². The first-order chi connectivity index (χ1) is 11.9. The zero-order chi connectivity index (χ0) is 18.4. The van der Waals surface area contributed by atoms with E-state index in [4.69, 9.17) is 27.9 Å². The topological polar surface area (TPSA) is 55.4 Å². The molecule has 0 aliphatic heterocycles. The molecule has 1 amide bonds. The van der Waals surface area contributed by atoms with Crippen molar-refractivity contribution in [2.45, 2.75) is 17.9 Å². The molecule has 1 atom stereocenters. The van der Waals surface area contributed by atoms with Crippen LogP contribution in [0.4, 0.5) is 0 Å². The largest absolute Gasteiger partial charge is 0.452 e. The molecule has 0 heterocycles. The van der Waals surface area contributed by atoms with E-state index in [0.717, 1.165) is 10.5 Å². The van der Waals surface area contributed by atoms with E-state index in [-0.39, 0.29) is 23.2 Å². The Morgan fingerprint density at radius 2 is 1.96 bits per heavy atom. The van der Waals surface area contributed by atoms with E-state index in [1.54, 1.807) is 30.3 Å². The second-order valence-electron chi connectivity index (χ2n) is 5.27. The maximum Gasteiger partial charge on any atom is 0.340 e. The van der Waals surface area contributed by atoms with Crippen LogP contribution < -0.4 is 5.32 Å². The van der Waals surface area contributed by atoms with E-state index in [1.807, 2.05) is 25.3 Å². The number of hydrogen-bond donors (Lipinski definition) is 1. The van der Waals surface area contributed by atoms with Crippen LogP contribution in [0.25, 0.3) is 0 Å². The summed E-state index contributed by atoms with van der Waals surface area (Å²) in [5, 5.41) is 3.63. The first kappa shape index (κ1) is 19.6. The molecule has 0 saturated heterocycles. The van der Waals surface area contributed by atoms with E-state index in [2.05, 4.69) is 5.32 Å². The van der Waals surface area contributed by atoms with Gasteiger partial charge in [0, 0.05) is 9.92 Å². The van der Waals surface area contributed by atoms with E-state index < -0.39 is 11.9 Å². The van der Waals surface area contributed by atoms with Gasteiger partial charge in [-0.05, 0) is 49.1 Å². The summed E-state index contributed by atoms with van der Waals surface area (Å²) in [6.45, 7) is 1.44. The number of carbonyl (C=O) groups excluding carboxylic acids is 2. The summed E-state index contributed by atoms with van der Waals surface area (Å²) < 4.78 is 5.06. The Hall–Kier alpha value is -1.69. The predicted octanol–water partition coefficient (Wildman–Crippen LogP) is 4.75. The first-order valence-electron chi connectivity index (χ1n) is 7.46. The number of hydrogen-bond acceptors (Lipinski definition) is 4. The lowest BCUT2D eigenvalue weighted by atomic mass is 10.1. The van der Waals surface area contributed by atoms with E-state index in [9.17, 15) is 9.59 Å². The maximum atomic E-state index is 12.1. The molecule has 0 aliphatic rings. The van der Waals surface area contributed by atoms with Crippen molar-refractivity contribution in [3.63, 3.8) is 0 Å². The van der Waals surface area contributed by atoms with E-state index in [0.29, 0.717) is 5.02 Å². The van der Waals surface area contributed by atoms with Crippen LogP contribution >= 0.6 is 35.0 Å². The molecular formula is C18H17Cl2NO3S. The molecule has 0 unspecified atom stereocenters. The van der Waals surface area contributed by atoms with Crippen molar-refractivity contribution < 1.29 is 14.3 Å². The number of esters is 1. The lowest BCUT2D eigenvalue weighted by Crippen LogP contribution is -2.31. The highest BCUT2D eigenvalue weighted by Gasteiger charge is 2.16. The Morgan fingerprint density at radius 3 is 2.64 bits per heavy atom. The highest BCUT2D eigenvalue weighted by molar-refractivity contribution is 7.98. The Labute approximate surface area is 160 Å². The number of benzene rings is 2. The van der Waals surface area contributed by atoms with Gasteiger partial charge < -0.3 is 10.1 Å². The predicted molar refractivity (Wildman–Crippen MR) is 102 cm³/mol. The molecule has 2 aromatic rings. The number of amides is 1. The molecule has 0 spiro atoms. The average Bonchev–Trinajstić information content (AvgIpc) is 2.60. The molecule has 0 saturated carbocycles. The minimum Gasteiger partial charge on any atom is -0.452 e. The molecule has 0 aromatic heterocycles. The molecule has 7 heteroatoms. The van der Waals surface area contributed by atoms with Gasteiger partial charge in [-0.25, -0.2) is 4.79 Å². The SMILES string of the molecule is CSc1ccc(Cl)c(C(=O)OCC(=O)N[C@H](C)c2cccc(Cl)c2)c1. The van der Waals surface area contributed by atoms with Crippen molar-refractivity contribution in [3.8, 4) is 0 Å². The normalized spacial score (nSPS) is 11.7. The summed E-state index contributed by atoms with van der Waals surface area (Å²) >= 11 is 13.4. The van der Waals surface area contributed by atoms with Crippen molar-refractivity contribution >= 4 is 46.8 Å². The Balaban J connectivity index is 1.92. The van der Waals surface area contributed by atoms with Crippen molar-refractivity contribution in [2.75, 3.05) is 12.9 Å². The number of ether oxygens (including phenoxy) is 1. The van der Waals surface area contributed by atoms with Crippen molar-refractivity contribution in [2.24, 2.45) is 0 Å². The maximum absolute atomic E-state index is 12.1. The lowest BCUT2D eigenvalue weighted by Gasteiger charge is -2.15. The van der Waals surface area contributed by atoms with Crippen LogP contribution in [-0.4, -0.2) is 24.7 Å². The number of halogens is 2. The van der Waals surface area contributed by atoms with E-state index in [1.165, 1.54) is 11.8 Å². The van der Waals surface area contributed by atoms with Gasteiger partial charge in [-0.1, -0.05) is 35.3 Å². The second-order valence-corrected chi connectivity index (χ2v) is 6.99. The Kier molecular flexibility index (Phi) is 7.17. The zero-order valence-electron chi connectivity index (χ0n) is 13.7. The fourth-order valence-corrected chi connectivity index (χ4v) is 2.97. The molecule has 0 fully saturated rings. The summed E-state index contributed by atoms with van der Waals surface area (Å²) in [5.41, 5.74) is 1.10. The standard InChI is InChI=1S/C18H17Cl2NO3S/c1-11(12-4-3-5-13(19)8-12)21-17(22)10-24-18(23)15-9-14(25-2)6-7-16(15)20/h3-9,11H,10H2,1-2H3,(H,21,22)/t11-/m1/s1. The monoisotopic (exact) mass is 397 g/mol. The molecule has 0 bridgehead atoms. The minimum atomic E-state index is -0.633. The molecule has 132 valence electrons. The molecule has 25 heavy (non-hydrogen) atoms. The molecule has 0 radical (unpaired) electrons. The van der Waals surface area contributed by atoms with Gasteiger partial charge in [0.25, 0.3) is 5.91 Å². The van der Waals surface area contributed by atoms with Gasteiger partial charge in [0.1, 0.15) is 0 Å². The molecule has 2 rings (SSSR count). The Morgan fingerprint density at radius 1 is 1.20 bits per heavy atom. The van der Waals surface area contributed by atoms with Crippen molar-refractivity contribution in [1.82, 2.24) is 5.32 Å². The molecule has 0 aliphatic carbocycles. The van der Waals surface area contributed by atoms with Crippen LogP contribution in [0.1, 0.15) is 28.9 Å². The summed E-state index contributed by atoms with van der Waals surface area (Å²) in [4.78, 5) is 25.0. The van der Waals surface area contributed by atoms with Crippen LogP contribution in [0.3, 0.4) is 0 Å². The smallest absolute Gasteiger partial charge is 0.340 e. The minimum absolute atomic E-state index is 0.240. The molecule has 2 aromatic carbocycles. The fourth-order valence-electron chi connectivity index (χ4n) is 2.14. The third-order valence-electron chi connectivity index (χ3n) is 3.45. The number of thioether (sulfide) groups is 1. The van der Waals surface area contributed by atoms with Gasteiger partial charge >= 0.3 is 5.97 Å². The van der Waals surface area contributed by atoms with Crippen LogP contribution in [-0.2, 0) is 9.53 Å². The van der Waals surface area contributed by atoms with Gasteiger partial charge in [0.2, 0.25) is 0 Å². The van der Waals surface area contributed by atoms with Gasteiger partial charge in [-0.3, -0.25) is 4.79 Å². The quantitative estimate of drug-likeness (QED) is 0.564.